The van der Waals surface area contributed by atoms with Gasteiger partial charge in [-0.3, -0.25) is 0 Å². The van der Waals surface area contributed by atoms with E-state index in [4.69, 9.17) is 9.47 Å². The number of hydrogen-bond acceptors (Lipinski definition) is 2. The topological polar surface area (TPSA) is 18.5 Å². The summed E-state index contributed by atoms with van der Waals surface area (Å²) in [6.45, 7) is 8.81. The zero-order valence-corrected chi connectivity index (χ0v) is 18.7. The van der Waals surface area contributed by atoms with Gasteiger partial charge in [0, 0.05) is 12.2 Å². The Balaban J connectivity index is 1.84. The van der Waals surface area contributed by atoms with Crippen molar-refractivity contribution in [3.05, 3.63) is 72.3 Å². The number of ether oxygens (including phenoxy) is 2. The summed E-state index contributed by atoms with van der Waals surface area (Å²) in [4.78, 5) is 0. The van der Waals surface area contributed by atoms with E-state index < -0.39 is 11.6 Å². The van der Waals surface area contributed by atoms with Crippen molar-refractivity contribution in [3.63, 3.8) is 0 Å². The lowest BCUT2D eigenvalue weighted by atomic mass is 10.0. The molecule has 0 aliphatic carbocycles. The van der Waals surface area contributed by atoms with Crippen molar-refractivity contribution in [2.24, 2.45) is 0 Å². The van der Waals surface area contributed by atoms with Crippen molar-refractivity contribution in [3.8, 4) is 16.9 Å². The average Bonchev–Trinajstić information content (AvgIpc) is 2.78. The van der Waals surface area contributed by atoms with Crippen molar-refractivity contribution in [1.82, 2.24) is 0 Å². The van der Waals surface area contributed by atoms with Crippen LogP contribution in [0.3, 0.4) is 0 Å². The van der Waals surface area contributed by atoms with E-state index in [0.717, 1.165) is 37.9 Å². The molecule has 0 heterocycles. The van der Waals surface area contributed by atoms with Gasteiger partial charge in [-0.05, 0) is 55.9 Å². The third-order valence-electron chi connectivity index (χ3n) is 5.07. The van der Waals surface area contributed by atoms with E-state index in [0.29, 0.717) is 11.7 Å². The lowest BCUT2D eigenvalue weighted by molar-refractivity contribution is 0.0566. The highest BCUT2D eigenvalue weighted by molar-refractivity contribution is 5.67. The molecule has 0 aliphatic rings. The van der Waals surface area contributed by atoms with E-state index in [1.165, 1.54) is 31.1 Å². The molecule has 2 aromatic rings. The van der Waals surface area contributed by atoms with Crippen LogP contribution >= 0.6 is 0 Å². The number of rotatable bonds is 14. The van der Waals surface area contributed by atoms with Gasteiger partial charge in [0.2, 0.25) is 5.82 Å². The van der Waals surface area contributed by atoms with Crippen molar-refractivity contribution in [1.29, 1.82) is 0 Å². The Kier molecular flexibility index (Phi) is 11.0. The molecular weight excluding hydrogens is 394 g/mol. The Bertz CT molecular complexity index is 828. The predicted octanol–water partition coefficient (Wildman–Crippen LogP) is 7.98. The SMILES string of the molecule is C=CCOc1ccc(-c2ccc(/C=C/CCCC(C)OCCCCC)cc2)c(F)c1F. The van der Waals surface area contributed by atoms with Gasteiger partial charge in [-0.2, -0.15) is 4.39 Å². The minimum Gasteiger partial charge on any atom is -0.486 e. The quantitative estimate of drug-likeness (QED) is 0.224. The highest BCUT2D eigenvalue weighted by atomic mass is 19.2. The molecule has 0 N–H and O–H groups in total. The van der Waals surface area contributed by atoms with Crippen molar-refractivity contribution < 1.29 is 18.3 Å². The van der Waals surface area contributed by atoms with Gasteiger partial charge in [-0.15, -0.1) is 0 Å². The molecule has 0 bridgehead atoms. The highest BCUT2D eigenvalue weighted by Gasteiger charge is 2.15. The largest absolute Gasteiger partial charge is 0.486 e. The summed E-state index contributed by atoms with van der Waals surface area (Å²) >= 11 is 0. The van der Waals surface area contributed by atoms with E-state index in [1.54, 1.807) is 12.1 Å². The number of halogens is 2. The molecule has 2 rings (SSSR count). The molecule has 168 valence electrons. The van der Waals surface area contributed by atoms with Crippen LogP contribution in [0.4, 0.5) is 8.78 Å². The molecular formula is C27H34F2O2. The second-order valence-corrected chi connectivity index (χ2v) is 7.68. The van der Waals surface area contributed by atoms with Crippen LogP contribution in [0.15, 0.2) is 55.1 Å². The number of allylic oxidation sites excluding steroid dienone is 1. The minimum atomic E-state index is -0.980. The van der Waals surface area contributed by atoms with E-state index in [9.17, 15) is 8.78 Å². The Morgan fingerprint density at radius 3 is 2.48 bits per heavy atom. The monoisotopic (exact) mass is 428 g/mol. The summed E-state index contributed by atoms with van der Waals surface area (Å²) < 4.78 is 39.6. The standard InChI is InChI=1S/C27H34F2O2/c1-4-6-10-20-30-21(3)11-8-7-9-12-22-13-15-23(16-14-22)24-17-18-25(31-19-5-2)27(29)26(24)28/h5,9,12-18,21H,2,4,6-8,10-11,19-20H2,1,3H3/b12-9+. The molecule has 2 nitrogen and oxygen atoms in total. The molecule has 0 aromatic heterocycles. The summed E-state index contributed by atoms with van der Waals surface area (Å²) in [5.41, 5.74) is 1.87. The first-order chi connectivity index (χ1) is 15.1. The maximum Gasteiger partial charge on any atom is 0.201 e. The first-order valence-electron chi connectivity index (χ1n) is 11.2. The van der Waals surface area contributed by atoms with Crippen LogP contribution in [-0.4, -0.2) is 19.3 Å². The van der Waals surface area contributed by atoms with E-state index in [1.807, 2.05) is 12.1 Å². The van der Waals surface area contributed by atoms with Crippen LogP contribution in [0, 0.1) is 11.6 Å². The Labute approximate surface area is 185 Å². The zero-order valence-electron chi connectivity index (χ0n) is 18.7. The normalized spacial score (nSPS) is 12.3. The second-order valence-electron chi connectivity index (χ2n) is 7.68. The molecule has 0 saturated heterocycles. The molecule has 0 fully saturated rings. The molecule has 0 spiro atoms. The van der Waals surface area contributed by atoms with Crippen molar-refractivity contribution >= 4 is 6.08 Å². The van der Waals surface area contributed by atoms with E-state index >= 15 is 0 Å². The fourth-order valence-electron chi connectivity index (χ4n) is 3.25. The van der Waals surface area contributed by atoms with Crippen LogP contribution < -0.4 is 4.74 Å². The molecule has 0 saturated carbocycles. The smallest absolute Gasteiger partial charge is 0.201 e. The van der Waals surface area contributed by atoms with Crippen LogP contribution in [0.5, 0.6) is 5.75 Å². The second kappa shape index (κ2) is 13.8. The van der Waals surface area contributed by atoms with Crippen molar-refractivity contribution in [2.75, 3.05) is 13.2 Å². The lowest BCUT2D eigenvalue weighted by Crippen LogP contribution is -2.08. The van der Waals surface area contributed by atoms with Crippen LogP contribution in [0.25, 0.3) is 17.2 Å². The van der Waals surface area contributed by atoms with E-state index in [-0.39, 0.29) is 17.9 Å². The summed E-state index contributed by atoms with van der Waals surface area (Å²) in [6.07, 6.45) is 12.7. The highest BCUT2D eigenvalue weighted by Crippen LogP contribution is 2.30. The Morgan fingerprint density at radius 2 is 1.77 bits per heavy atom. The third-order valence-corrected chi connectivity index (χ3v) is 5.07. The average molecular weight is 429 g/mol. The summed E-state index contributed by atoms with van der Waals surface area (Å²) in [5.74, 6) is -2.00. The summed E-state index contributed by atoms with van der Waals surface area (Å²) in [7, 11) is 0. The van der Waals surface area contributed by atoms with Gasteiger partial charge in [0.15, 0.2) is 11.6 Å². The number of hydrogen-bond donors (Lipinski definition) is 0. The maximum atomic E-state index is 14.4. The lowest BCUT2D eigenvalue weighted by Gasteiger charge is -2.12. The van der Waals surface area contributed by atoms with Gasteiger partial charge in [0.25, 0.3) is 0 Å². The number of benzene rings is 2. The molecule has 0 aliphatic heterocycles. The molecule has 0 amide bonds. The van der Waals surface area contributed by atoms with Gasteiger partial charge in [0.05, 0.1) is 6.10 Å². The fraction of sp³-hybridized carbons (Fsp3) is 0.407. The fourth-order valence-corrected chi connectivity index (χ4v) is 3.25. The molecule has 2 aromatic carbocycles. The van der Waals surface area contributed by atoms with Crippen molar-refractivity contribution in [2.45, 2.75) is 58.5 Å². The van der Waals surface area contributed by atoms with Crippen LogP contribution in [-0.2, 0) is 4.74 Å². The van der Waals surface area contributed by atoms with Gasteiger partial charge in [-0.1, -0.05) is 68.8 Å². The first kappa shape index (κ1) is 24.8. The Morgan fingerprint density at radius 1 is 1.00 bits per heavy atom. The Hall–Kier alpha value is -2.46. The molecule has 0 radical (unpaired) electrons. The molecule has 1 unspecified atom stereocenters. The summed E-state index contributed by atoms with van der Waals surface area (Å²) in [6, 6.07) is 10.4. The summed E-state index contributed by atoms with van der Waals surface area (Å²) in [5, 5.41) is 0. The van der Waals surface area contributed by atoms with Gasteiger partial charge < -0.3 is 9.47 Å². The van der Waals surface area contributed by atoms with Gasteiger partial charge >= 0.3 is 0 Å². The molecule has 31 heavy (non-hydrogen) atoms. The zero-order chi connectivity index (χ0) is 22.5. The van der Waals surface area contributed by atoms with Crippen LogP contribution in [0.1, 0.15) is 57.9 Å². The van der Waals surface area contributed by atoms with E-state index in [2.05, 4.69) is 32.6 Å². The number of unbranched alkanes of at least 4 members (excludes halogenated alkanes) is 3. The van der Waals surface area contributed by atoms with Gasteiger partial charge in [-0.25, -0.2) is 4.39 Å². The minimum absolute atomic E-state index is 0.110. The third kappa shape index (κ3) is 8.29. The molecule has 4 heteroatoms. The van der Waals surface area contributed by atoms with Crippen LogP contribution in [0.2, 0.25) is 0 Å². The van der Waals surface area contributed by atoms with Gasteiger partial charge in [0.1, 0.15) is 6.61 Å². The maximum absolute atomic E-state index is 14.4. The predicted molar refractivity (Wildman–Crippen MR) is 125 cm³/mol. The first-order valence-corrected chi connectivity index (χ1v) is 11.2. The molecule has 1 atom stereocenters.